The van der Waals surface area contributed by atoms with Gasteiger partial charge in [0.1, 0.15) is 17.9 Å². The molecule has 43 heavy (non-hydrogen) atoms. The van der Waals surface area contributed by atoms with Crippen LogP contribution in [0, 0.1) is 11.9 Å². The van der Waals surface area contributed by atoms with Crippen LogP contribution in [0.1, 0.15) is 41.2 Å². The maximum atomic E-state index is 15.1. The molecular formula is C30H31F3N8O2. The van der Waals surface area contributed by atoms with E-state index in [-0.39, 0.29) is 18.4 Å². The van der Waals surface area contributed by atoms with Crippen LogP contribution in [-0.2, 0) is 20.1 Å². The zero-order valence-corrected chi connectivity index (χ0v) is 23.5. The third kappa shape index (κ3) is 5.11. The molecule has 3 atom stereocenters. The van der Waals surface area contributed by atoms with Gasteiger partial charge in [-0.3, -0.25) is 4.79 Å². The molecule has 2 aliphatic rings. The average molecular weight is 593 g/mol. The Kier molecular flexibility index (Phi) is 6.83. The molecule has 13 heteroatoms. The Morgan fingerprint density at radius 2 is 2.07 bits per heavy atom. The monoisotopic (exact) mass is 592 g/mol. The van der Waals surface area contributed by atoms with Gasteiger partial charge in [-0.1, -0.05) is 12.1 Å². The molecule has 1 aliphatic carbocycles. The highest BCUT2D eigenvalue weighted by molar-refractivity contribution is 5.99. The molecule has 1 aliphatic heterocycles. The SMILES string of the molecule is Cn1c(-c2cc3cccc(OC(F)Cn4cnc(F)c4)c3n2CC2CC2)nc2cc3c(nc21)C(C[C@H](N)CF)CNC3=O. The predicted molar refractivity (Wildman–Crippen MR) is 154 cm³/mol. The van der Waals surface area contributed by atoms with Crippen LogP contribution in [0.5, 0.6) is 5.75 Å². The Morgan fingerprint density at radius 1 is 1.23 bits per heavy atom. The van der Waals surface area contributed by atoms with E-state index < -0.39 is 25.0 Å². The molecule has 7 rings (SSSR count). The second-order valence-corrected chi connectivity index (χ2v) is 11.5. The molecule has 0 bridgehead atoms. The number of benzene rings is 1. The second kappa shape index (κ2) is 10.7. The van der Waals surface area contributed by atoms with Crippen LogP contribution in [-0.4, -0.2) is 60.2 Å². The maximum absolute atomic E-state index is 15.1. The van der Waals surface area contributed by atoms with E-state index >= 15 is 4.39 Å². The smallest absolute Gasteiger partial charge is 0.256 e. The summed E-state index contributed by atoms with van der Waals surface area (Å²) in [4.78, 5) is 26.1. The number of nitrogens with zero attached hydrogens (tertiary/aromatic N) is 6. The summed E-state index contributed by atoms with van der Waals surface area (Å²) in [6.45, 7) is 0.171. The highest BCUT2D eigenvalue weighted by atomic mass is 19.1. The quantitative estimate of drug-likeness (QED) is 0.251. The van der Waals surface area contributed by atoms with E-state index in [1.54, 1.807) is 18.2 Å². The van der Waals surface area contributed by atoms with Gasteiger partial charge in [0.2, 0.25) is 5.95 Å². The molecule has 224 valence electrons. The number of alkyl halides is 2. The lowest BCUT2D eigenvalue weighted by molar-refractivity contribution is 0.0522. The number of ether oxygens (including phenoxy) is 1. The first kappa shape index (κ1) is 27.4. The fourth-order valence-electron chi connectivity index (χ4n) is 5.97. The van der Waals surface area contributed by atoms with Gasteiger partial charge in [-0.05, 0) is 43.4 Å². The van der Waals surface area contributed by atoms with E-state index in [0.717, 1.165) is 35.6 Å². The van der Waals surface area contributed by atoms with E-state index in [1.807, 2.05) is 23.7 Å². The van der Waals surface area contributed by atoms with Crippen molar-refractivity contribution in [1.82, 2.24) is 34.0 Å². The van der Waals surface area contributed by atoms with Crippen molar-refractivity contribution in [2.75, 3.05) is 13.2 Å². The van der Waals surface area contributed by atoms with E-state index in [9.17, 15) is 13.6 Å². The zero-order valence-electron chi connectivity index (χ0n) is 23.5. The molecule has 0 spiro atoms. The number of halogens is 3. The lowest BCUT2D eigenvalue weighted by Gasteiger charge is -2.26. The molecule has 0 saturated heterocycles. The maximum Gasteiger partial charge on any atom is 0.256 e. The van der Waals surface area contributed by atoms with Gasteiger partial charge in [0.15, 0.2) is 11.5 Å². The molecule has 10 nitrogen and oxygen atoms in total. The summed E-state index contributed by atoms with van der Waals surface area (Å²) in [5, 5.41) is 3.72. The van der Waals surface area contributed by atoms with Gasteiger partial charge >= 0.3 is 0 Å². The molecule has 1 amide bonds. The number of carbonyl (C=O) groups excluding carboxylic acids is 1. The lowest BCUT2D eigenvalue weighted by atomic mass is 9.90. The molecule has 1 saturated carbocycles. The molecule has 5 aromatic rings. The van der Waals surface area contributed by atoms with Crippen molar-refractivity contribution in [3.8, 4) is 17.3 Å². The number of hydrogen-bond donors (Lipinski definition) is 2. The molecule has 5 heterocycles. The van der Waals surface area contributed by atoms with Gasteiger partial charge in [-0.25, -0.2) is 19.3 Å². The highest BCUT2D eigenvalue weighted by Crippen LogP contribution is 2.40. The lowest BCUT2D eigenvalue weighted by Crippen LogP contribution is -2.38. The summed E-state index contributed by atoms with van der Waals surface area (Å²) >= 11 is 0. The molecule has 0 radical (unpaired) electrons. The number of amides is 1. The number of pyridine rings is 1. The zero-order chi connectivity index (χ0) is 29.8. The largest absolute Gasteiger partial charge is 0.456 e. The first-order valence-electron chi connectivity index (χ1n) is 14.4. The van der Waals surface area contributed by atoms with Crippen molar-refractivity contribution in [2.24, 2.45) is 18.7 Å². The minimum absolute atomic E-state index is 0.213. The number of para-hydroxylation sites is 1. The summed E-state index contributed by atoms with van der Waals surface area (Å²) in [5.74, 6) is 0.334. The van der Waals surface area contributed by atoms with Crippen LogP contribution in [0.25, 0.3) is 33.6 Å². The number of fused-ring (bicyclic) bond motifs is 3. The molecule has 1 aromatic carbocycles. The van der Waals surface area contributed by atoms with Crippen LogP contribution >= 0.6 is 0 Å². The van der Waals surface area contributed by atoms with Crippen molar-refractivity contribution >= 4 is 28.0 Å². The average Bonchev–Trinajstić information content (AvgIpc) is 3.48. The number of hydrogen-bond acceptors (Lipinski definition) is 6. The Morgan fingerprint density at radius 3 is 2.81 bits per heavy atom. The minimum Gasteiger partial charge on any atom is -0.456 e. The van der Waals surface area contributed by atoms with Crippen LogP contribution in [0.4, 0.5) is 13.2 Å². The van der Waals surface area contributed by atoms with Crippen LogP contribution in [0.3, 0.4) is 0 Å². The Bertz CT molecular complexity index is 1840. The molecule has 2 unspecified atom stereocenters. The number of carbonyl (C=O) groups is 1. The summed E-state index contributed by atoms with van der Waals surface area (Å²) < 4.78 is 52.7. The Labute approximate surface area is 244 Å². The van der Waals surface area contributed by atoms with Gasteiger partial charge in [0.05, 0.1) is 41.5 Å². The summed E-state index contributed by atoms with van der Waals surface area (Å²) in [7, 11) is 1.87. The fraction of sp³-hybridized carbons (Fsp3) is 0.400. The summed E-state index contributed by atoms with van der Waals surface area (Å²) in [6, 6.07) is 8.56. The Balaban J connectivity index is 1.31. The van der Waals surface area contributed by atoms with Crippen molar-refractivity contribution < 1.29 is 22.7 Å². The van der Waals surface area contributed by atoms with Gasteiger partial charge in [-0.15, -0.1) is 0 Å². The first-order chi connectivity index (χ1) is 20.8. The topological polar surface area (TPSA) is 118 Å². The predicted octanol–water partition coefficient (Wildman–Crippen LogP) is 4.22. The second-order valence-electron chi connectivity index (χ2n) is 11.5. The third-order valence-electron chi connectivity index (χ3n) is 8.26. The summed E-state index contributed by atoms with van der Waals surface area (Å²) in [6.07, 6.45) is 3.14. The normalized spacial score (nSPS) is 18.2. The summed E-state index contributed by atoms with van der Waals surface area (Å²) in [5.41, 5.74) is 9.62. The molecule has 1 fully saturated rings. The van der Waals surface area contributed by atoms with Crippen LogP contribution < -0.4 is 15.8 Å². The number of rotatable bonds is 10. The van der Waals surface area contributed by atoms with Crippen molar-refractivity contribution in [3.63, 3.8) is 0 Å². The first-order valence-corrected chi connectivity index (χ1v) is 14.4. The van der Waals surface area contributed by atoms with Crippen molar-refractivity contribution in [1.29, 1.82) is 0 Å². The number of aromatic nitrogens is 6. The van der Waals surface area contributed by atoms with Crippen LogP contribution in [0.2, 0.25) is 0 Å². The minimum atomic E-state index is -1.73. The molecular weight excluding hydrogens is 561 g/mol. The van der Waals surface area contributed by atoms with Crippen molar-refractivity contribution in [2.45, 2.75) is 50.7 Å². The van der Waals surface area contributed by atoms with E-state index in [0.29, 0.717) is 59.4 Å². The van der Waals surface area contributed by atoms with Gasteiger partial charge < -0.3 is 29.5 Å². The van der Waals surface area contributed by atoms with E-state index in [4.69, 9.17) is 20.4 Å². The van der Waals surface area contributed by atoms with E-state index in [2.05, 4.69) is 14.9 Å². The number of imidazole rings is 2. The Hall–Kier alpha value is -4.39. The number of nitrogens with one attached hydrogen (secondary N) is 1. The molecule has 3 N–H and O–H groups in total. The third-order valence-corrected chi connectivity index (χ3v) is 8.26. The fourth-order valence-corrected chi connectivity index (χ4v) is 5.97. The van der Waals surface area contributed by atoms with Gasteiger partial charge in [-0.2, -0.15) is 8.78 Å². The van der Waals surface area contributed by atoms with Crippen molar-refractivity contribution in [3.05, 3.63) is 60.1 Å². The van der Waals surface area contributed by atoms with Gasteiger partial charge in [0.25, 0.3) is 12.3 Å². The number of nitrogens with two attached hydrogens (primary N) is 1. The van der Waals surface area contributed by atoms with Gasteiger partial charge in [0, 0.05) is 37.5 Å². The highest BCUT2D eigenvalue weighted by Gasteiger charge is 2.31. The standard InChI is InChI=1S/C30H31F3N8O2/c1-39-28-21(9-20-26(38-28)18(7-19(34)10-31)11-35-30(20)42)37-29(39)22-8-17-3-2-4-23(27(17)41(22)12-16-5-6-16)43-25(33)14-40-13-24(32)36-15-40/h2-4,8-9,13,15-16,18-19,25H,5-7,10-12,14,34H2,1H3,(H,35,42)/t18?,19-,25?/m0/s1. The van der Waals surface area contributed by atoms with E-state index in [1.165, 1.54) is 10.9 Å². The number of aryl methyl sites for hydroxylation is 1. The molecule has 4 aromatic heterocycles. The van der Waals surface area contributed by atoms with Crippen LogP contribution in [0.15, 0.2) is 42.9 Å².